The van der Waals surface area contributed by atoms with Gasteiger partial charge in [-0.25, -0.2) is 0 Å². The fourth-order valence-electron chi connectivity index (χ4n) is 2.04. The lowest BCUT2D eigenvalue weighted by Crippen LogP contribution is -2.51. The highest BCUT2D eigenvalue weighted by molar-refractivity contribution is 5.85. The van der Waals surface area contributed by atoms with Crippen LogP contribution in [0.4, 0.5) is 0 Å². The van der Waals surface area contributed by atoms with Gasteiger partial charge >= 0.3 is 0 Å². The Hall–Kier alpha value is -1.06. The minimum Gasteiger partial charge on any atom is -0.340 e. The molecule has 1 atom stereocenters. The van der Waals surface area contributed by atoms with Gasteiger partial charge in [0.1, 0.15) is 0 Å². The SMILES string of the molecule is C[C@@H]1CN(C(=O)Cc2ccccc2)CCN1.Cl. The number of rotatable bonds is 2. The predicted octanol–water partition coefficient (Wildman–Crippen LogP) is 1.47. The Labute approximate surface area is 109 Å². The number of benzene rings is 1. The Kier molecular flexibility index (Phi) is 5.45. The molecule has 1 aromatic rings. The van der Waals surface area contributed by atoms with Crippen LogP contribution in [0.5, 0.6) is 0 Å². The van der Waals surface area contributed by atoms with Gasteiger partial charge in [-0.05, 0) is 12.5 Å². The fourth-order valence-corrected chi connectivity index (χ4v) is 2.04. The molecule has 1 fully saturated rings. The van der Waals surface area contributed by atoms with E-state index in [0.717, 1.165) is 25.2 Å². The lowest BCUT2D eigenvalue weighted by molar-refractivity contribution is -0.131. The molecule has 0 saturated carbocycles. The summed E-state index contributed by atoms with van der Waals surface area (Å²) in [7, 11) is 0. The first-order valence-electron chi connectivity index (χ1n) is 5.81. The van der Waals surface area contributed by atoms with E-state index in [0.29, 0.717) is 12.5 Å². The zero-order valence-electron chi connectivity index (χ0n) is 10.1. The molecule has 1 aliphatic rings. The van der Waals surface area contributed by atoms with Crippen LogP contribution >= 0.6 is 12.4 Å². The molecule has 0 unspecified atom stereocenters. The number of hydrogen-bond donors (Lipinski definition) is 1. The largest absolute Gasteiger partial charge is 0.340 e. The maximum absolute atomic E-state index is 12.0. The van der Waals surface area contributed by atoms with Crippen LogP contribution in [-0.2, 0) is 11.2 Å². The summed E-state index contributed by atoms with van der Waals surface area (Å²) in [5, 5.41) is 3.34. The van der Waals surface area contributed by atoms with Gasteiger partial charge in [-0.15, -0.1) is 12.4 Å². The maximum atomic E-state index is 12.0. The van der Waals surface area contributed by atoms with E-state index in [1.807, 2.05) is 35.2 Å². The van der Waals surface area contributed by atoms with E-state index >= 15 is 0 Å². The molecule has 1 N–H and O–H groups in total. The first kappa shape index (κ1) is 14.0. The summed E-state index contributed by atoms with van der Waals surface area (Å²) >= 11 is 0. The van der Waals surface area contributed by atoms with E-state index in [1.165, 1.54) is 0 Å². The number of nitrogens with one attached hydrogen (secondary N) is 1. The van der Waals surface area contributed by atoms with Gasteiger partial charge in [0.2, 0.25) is 5.91 Å². The number of nitrogens with zero attached hydrogens (tertiary/aromatic N) is 1. The normalized spacial score (nSPS) is 19.6. The van der Waals surface area contributed by atoms with Crippen molar-refractivity contribution in [2.24, 2.45) is 0 Å². The third-order valence-electron chi connectivity index (χ3n) is 2.92. The van der Waals surface area contributed by atoms with E-state index in [2.05, 4.69) is 12.2 Å². The third-order valence-corrected chi connectivity index (χ3v) is 2.92. The van der Waals surface area contributed by atoms with Crippen LogP contribution in [0.2, 0.25) is 0 Å². The zero-order chi connectivity index (χ0) is 11.4. The number of hydrogen-bond acceptors (Lipinski definition) is 2. The van der Waals surface area contributed by atoms with Gasteiger partial charge in [0.05, 0.1) is 6.42 Å². The zero-order valence-corrected chi connectivity index (χ0v) is 10.9. The summed E-state index contributed by atoms with van der Waals surface area (Å²) in [5.74, 6) is 0.236. The van der Waals surface area contributed by atoms with Crippen molar-refractivity contribution in [3.8, 4) is 0 Å². The maximum Gasteiger partial charge on any atom is 0.227 e. The Morgan fingerprint density at radius 2 is 2.12 bits per heavy atom. The Bertz CT molecular complexity index is 356. The molecule has 0 spiro atoms. The Balaban J connectivity index is 0.00000144. The first-order chi connectivity index (χ1) is 7.75. The molecule has 1 amide bonds. The molecular formula is C13H19ClN2O. The van der Waals surface area contributed by atoms with Crippen molar-refractivity contribution in [2.45, 2.75) is 19.4 Å². The summed E-state index contributed by atoms with van der Waals surface area (Å²) in [5.41, 5.74) is 1.10. The topological polar surface area (TPSA) is 32.3 Å². The minimum atomic E-state index is 0. The lowest BCUT2D eigenvalue weighted by atomic mass is 10.1. The van der Waals surface area contributed by atoms with Gasteiger partial charge in [-0.1, -0.05) is 30.3 Å². The van der Waals surface area contributed by atoms with Crippen LogP contribution in [0.3, 0.4) is 0 Å². The number of piperazine rings is 1. The molecule has 1 aliphatic heterocycles. The van der Waals surface area contributed by atoms with Gasteiger partial charge in [0.15, 0.2) is 0 Å². The van der Waals surface area contributed by atoms with Crippen molar-refractivity contribution in [2.75, 3.05) is 19.6 Å². The summed E-state index contributed by atoms with van der Waals surface area (Å²) in [6.45, 7) is 4.67. The number of amides is 1. The molecule has 2 rings (SSSR count). The summed E-state index contributed by atoms with van der Waals surface area (Å²) in [6.07, 6.45) is 0.521. The first-order valence-corrected chi connectivity index (χ1v) is 5.81. The Morgan fingerprint density at radius 3 is 2.76 bits per heavy atom. The molecular weight excluding hydrogens is 236 g/mol. The van der Waals surface area contributed by atoms with E-state index < -0.39 is 0 Å². The van der Waals surface area contributed by atoms with E-state index in [4.69, 9.17) is 0 Å². The molecule has 0 radical (unpaired) electrons. The van der Waals surface area contributed by atoms with Gasteiger partial charge < -0.3 is 10.2 Å². The smallest absolute Gasteiger partial charge is 0.227 e. The van der Waals surface area contributed by atoms with Crippen molar-refractivity contribution in [3.63, 3.8) is 0 Å². The van der Waals surface area contributed by atoms with Crippen LogP contribution in [0.25, 0.3) is 0 Å². The highest BCUT2D eigenvalue weighted by Gasteiger charge is 2.20. The molecule has 4 heteroatoms. The number of carbonyl (C=O) groups excluding carboxylic acids is 1. The van der Waals surface area contributed by atoms with E-state index in [-0.39, 0.29) is 18.3 Å². The van der Waals surface area contributed by atoms with Gasteiger partial charge in [0.25, 0.3) is 0 Å². The molecule has 1 aromatic carbocycles. The van der Waals surface area contributed by atoms with Crippen LogP contribution in [0, 0.1) is 0 Å². The number of carbonyl (C=O) groups is 1. The summed E-state index contributed by atoms with van der Waals surface area (Å²) in [6, 6.07) is 10.3. The monoisotopic (exact) mass is 254 g/mol. The number of halogens is 1. The predicted molar refractivity (Wildman–Crippen MR) is 71.4 cm³/mol. The van der Waals surface area contributed by atoms with Gasteiger partial charge in [-0.2, -0.15) is 0 Å². The second-order valence-corrected chi connectivity index (χ2v) is 4.36. The molecule has 0 bridgehead atoms. The van der Waals surface area contributed by atoms with Crippen LogP contribution in [0.15, 0.2) is 30.3 Å². The van der Waals surface area contributed by atoms with E-state index in [9.17, 15) is 4.79 Å². The quantitative estimate of drug-likeness (QED) is 0.867. The molecule has 0 aliphatic carbocycles. The highest BCUT2D eigenvalue weighted by Crippen LogP contribution is 2.05. The van der Waals surface area contributed by atoms with Crippen LogP contribution in [0.1, 0.15) is 12.5 Å². The van der Waals surface area contributed by atoms with Crippen LogP contribution in [-0.4, -0.2) is 36.5 Å². The van der Waals surface area contributed by atoms with Crippen LogP contribution < -0.4 is 5.32 Å². The van der Waals surface area contributed by atoms with Crippen molar-refractivity contribution in [3.05, 3.63) is 35.9 Å². The fraction of sp³-hybridized carbons (Fsp3) is 0.462. The molecule has 3 nitrogen and oxygen atoms in total. The molecule has 1 heterocycles. The lowest BCUT2D eigenvalue weighted by Gasteiger charge is -2.32. The molecule has 0 aromatic heterocycles. The Morgan fingerprint density at radius 1 is 1.41 bits per heavy atom. The van der Waals surface area contributed by atoms with Gasteiger partial charge in [0, 0.05) is 25.7 Å². The summed E-state index contributed by atoms with van der Waals surface area (Å²) < 4.78 is 0. The van der Waals surface area contributed by atoms with Crippen molar-refractivity contribution >= 4 is 18.3 Å². The standard InChI is InChI=1S/C13H18N2O.ClH/c1-11-10-15(8-7-14-11)13(16)9-12-5-3-2-4-6-12;/h2-6,11,14H,7-10H2,1H3;1H/t11-;/m1./s1. The van der Waals surface area contributed by atoms with Gasteiger partial charge in [-0.3, -0.25) is 4.79 Å². The minimum absolute atomic E-state index is 0. The van der Waals surface area contributed by atoms with Crippen molar-refractivity contribution in [1.29, 1.82) is 0 Å². The van der Waals surface area contributed by atoms with Crippen molar-refractivity contribution < 1.29 is 4.79 Å². The van der Waals surface area contributed by atoms with E-state index in [1.54, 1.807) is 0 Å². The molecule has 17 heavy (non-hydrogen) atoms. The average Bonchev–Trinajstić information content (AvgIpc) is 2.30. The third kappa shape index (κ3) is 4.02. The second kappa shape index (κ2) is 6.62. The second-order valence-electron chi connectivity index (χ2n) is 4.36. The van der Waals surface area contributed by atoms with Crippen molar-refractivity contribution in [1.82, 2.24) is 10.2 Å². The highest BCUT2D eigenvalue weighted by atomic mass is 35.5. The average molecular weight is 255 g/mol. The molecule has 1 saturated heterocycles. The summed E-state index contributed by atoms with van der Waals surface area (Å²) in [4.78, 5) is 14.0. The molecule has 94 valence electrons.